The van der Waals surface area contributed by atoms with Crippen molar-refractivity contribution in [3.05, 3.63) is 71.9 Å². The van der Waals surface area contributed by atoms with E-state index in [1.54, 1.807) is 6.07 Å². The quantitative estimate of drug-likeness (QED) is 0.656. The zero-order valence-corrected chi connectivity index (χ0v) is 14.0. The van der Waals surface area contributed by atoms with Crippen molar-refractivity contribution >= 4 is 11.0 Å². The molecule has 0 spiro atoms. The fraction of sp³-hybridized carbons (Fsp3) is 0.238. The third-order valence-electron chi connectivity index (χ3n) is 4.02. The second-order valence-electron chi connectivity index (χ2n) is 5.97. The zero-order valence-electron chi connectivity index (χ0n) is 14.0. The highest BCUT2D eigenvalue weighted by Gasteiger charge is 2.09. The molecule has 2 aromatic carbocycles. The third-order valence-corrected chi connectivity index (χ3v) is 4.02. The van der Waals surface area contributed by atoms with Gasteiger partial charge >= 0.3 is 5.63 Å². The van der Waals surface area contributed by atoms with Gasteiger partial charge in [0.1, 0.15) is 17.9 Å². The Labute approximate surface area is 146 Å². The zero-order chi connectivity index (χ0) is 17.6. The molecule has 0 aliphatic carbocycles. The van der Waals surface area contributed by atoms with Crippen molar-refractivity contribution in [2.75, 3.05) is 6.61 Å². The van der Waals surface area contributed by atoms with Gasteiger partial charge in [-0.25, -0.2) is 4.79 Å². The number of aliphatic hydroxyl groups excluding tert-OH is 1. The number of fused-ring (bicyclic) bond motifs is 1. The summed E-state index contributed by atoms with van der Waals surface area (Å²) in [6.45, 7) is 3.96. The molecule has 0 amide bonds. The molecule has 4 nitrogen and oxygen atoms in total. The predicted octanol–water partition coefficient (Wildman–Crippen LogP) is 4.20. The van der Waals surface area contributed by atoms with Gasteiger partial charge in [-0.2, -0.15) is 0 Å². The Hall–Kier alpha value is -2.59. The molecule has 3 rings (SSSR count). The first-order valence-corrected chi connectivity index (χ1v) is 8.41. The summed E-state index contributed by atoms with van der Waals surface area (Å²) in [5.41, 5.74) is 1.44. The lowest BCUT2D eigenvalue weighted by Crippen LogP contribution is -2.17. The van der Waals surface area contributed by atoms with Gasteiger partial charge in [0.2, 0.25) is 0 Å². The largest absolute Gasteiger partial charge is 0.491 e. The molecule has 0 saturated carbocycles. The van der Waals surface area contributed by atoms with Crippen LogP contribution in [-0.2, 0) is 0 Å². The number of hydrogen-bond acceptors (Lipinski definition) is 4. The van der Waals surface area contributed by atoms with Gasteiger partial charge in [0, 0.05) is 11.5 Å². The smallest absolute Gasteiger partial charge is 0.344 e. The van der Waals surface area contributed by atoms with E-state index >= 15 is 0 Å². The van der Waals surface area contributed by atoms with E-state index in [-0.39, 0.29) is 12.2 Å². The molecule has 1 aromatic heterocycles. The van der Waals surface area contributed by atoms with Crippen molar-refractivity contribution in [2.45, 2.75) is 25.4 Å². The molecule has 3 aromatic rings. The van der Waals surface area contributed by atoms with Gasteiger partial charge in [-0.3, -0.25) is 0 Å². The first kappa shape index (κ1) is 17.2. The lowest BCUT2D eigenvalue weighted by atomic mass is 10.1. The number of hydrogen-bond donors (Lipinski definition) is 1. The normalized spacial score (nSPS) is 12.2. The minimum atomic E-state index is -0.523. The van der Waals surface area contributed by atoms with Crippen LogP contribution in [0, 0.1) is 6.92 Å². The van der Waals surface area contributed by atoms with Crippen LogP contribution in [0.2, 0.25) is 0 Å². The molecule has 25 heavy (non-hydrogen) atoms. The van der Waals surface area contributed by atoms with E-state index in [1.807, 2.05) is 48.5 Å². The molecular weight excluding hydrogens is 316 g/mol. The van der Waals surface area contributed by atoms with E-state index in [0.717, 1.165) is 23.8 Å². The summed E-state index contributed by atoms with van der Waals surface area (Å²) in [4.78, 5) is 12.3. The number of rotatable bonds is 7. The maximum absolute atomic E-state index is 12.3. The molecule has 0 bridgehead atoms. The predicted molar refractivity (Wildman–Crippen MR) is 98.6 cm³/mol. The lowest BCUT2D eigenvalue weighted by molar-refractivity contribution is 0.0984. The molecule has 1 radical (unpaired) electrons. The molecule has 4 heteroatoms. The van der Waals surface area contributed by atoms with Gasteiger partial charge in [0.05, 0.1) is 11.7 Å². The van der Waals surface area contributed by atoms with Gasteiger partial charge in [-0.15, -0.1) is 0 Å². The van der Waals surface area contributed by atoms with E-state index in [9.17, 15) is 9.90 Å². The average molecular weight is 337 g/mol. The molecule has 1 atom stereocenters. The summed E-state index contributed by atoms with van der Waals surface area (Å²) in [6.07, 6.45) is 1.79. The number of aliphatic hydroxyl groups is 1. The molecule has 0 saturated heterocycles. The maximum atomic E-state index is 12.3. The molecule has 0 aliphatic rings. The van der Waals surface area contributed by atoms with E-state index in [1.165, 1.54) is 0 Å². The topological polar surface area (TPSA) is 59.7 Å². The van der Waals surface area contributed by atoms with E-state index in [2.05, 4.69) is 6.92 Å². The van der Waals surface area contributed by atoms with Crippen LogP contribution in [0.15, 0.2) is 63.8 Å². The highest BCUT2D eigenvalue weighted by molar-refractivity contribution is 5.82. The van der Waals surface area contributed by atoms with E-state index in [0.29, 0.717) is 23.3 Å². The molecule has 1 heterocycles. The standard InChI is InChI=1S/C21H21O4/c1-2-3-9-17(22)14-24-18-11-10-16-12-19(15-7-5-4-6-8-15)21(23)25-20(16)13-18/h4-8,10-13,17,22H,1-3,9,14H2. The van der Waals surface area contributed by atoms with Crippen molar-refractivity contribution in [3.8, 4) is 16.9 Å². The average Bonchev–Trinajstić information content (AvgIpc) is 2.64. The Bertz CT molecular complexity index is 883. The Morgan fingerprint density at radius 1 is 1.12 bits per heavy atom. The second kappa shape index (κ2) is 7.99. The van der Waals surface area contributed by atoms with Crippen molar-refractivity contribution in [1.82, 2.24) is 0 Å². The van der Waals surface area contributed by atoms with Crippen LogP contribution in [0.25, 0.3) is 22.1 Å². The fourth-order valence-electron chi connectivity index (χ4n) is 2.66. The minimum Gasteiger partial charge on any atom is -0.491 e. The lowest BCUT2D eigenvalue weighted by Gasteiger charge is -2.12. The van der Waals surface area contributed by atoms with Gasteiger partial charge in [0.25, 0.3) is 0 Å². The molecule has 0 fully saturated rings. The number of unbranched alkanes of at least 4 members (excludes halogenated alkanes) is 1. The van der Waals surface area contributed by atoms with E-state index < -0.39 is 6.10 Å². The van der Waals surface area contributed by atoms with Crippen molar-refractivity contribution in [3.63, 3.8) is 0 Å². The summed E-state index contributed by atoms with van der Waals surface area (Å²) in [7, 11) is 0. The number of benzene rings is 2. The summed E-state index contributed by atoms with van der Waals surface area (Å²) < 4.78 is 11.0. The van der Waals surface area contributed by atoms with Gasteiger partial charge in [-0.05, 0) is 30.2 Å². The Balaban J connectivity index is 1.81. The van der Waals surface area contributed by atoms with Crippen molar-refractivity contribution in [2.24, 2.45) is 0 Å². The highest BCUT2D eigenvalue weighted by Crippen LogP contribution is 2.24. The summed E-state index contributed by atoms with van der Waals surface area (Å²) in [5.74, 6) is 0.566. The van der Waals surface area contributed by atoms with Crippen molar-refractivity contribution in [1.29, 1.82) is 0 Å². The molecular formula is C21H21O4. The SMILES string of the molecule is [CH2]CCCC(O)COc1ccc2cc(-c3ccccc3)c(=O)oc2c1. The summed E-state index contributed by atoms with van der Waals surface area (Å²) in [6, 6.07) is 16.6. The highest BCUT2D eigenvalue weighted by atomic mass is 16.5. The Morgan fingerprint density at radius 2 is 1.92 bits per heavy atom. The molecule has 129 valence electrons. The third kappa shape index (κ3) is 4.28. The first-order chi connectivity index (χ1) is 12.2. The molecule has 0 aliphatic heterocycles. The van der Waals surface area contributed by atoms with Crippen LogP contribution in [-0.4, -0.2) is 17.8 Å². The van der Waals surface area contributed by atoms with Crippen LogP contribution in [0.3, 0.4) is 0 Å². The van der Waals surface area contributed by atoms with Crippen LogP contribution < -0.4 is 10.4 Å². The summed E-state index contributed by atoms with van der Waals surface area (Å²) >= 11 is 0. The van der Waals surface area contributed by atoms with Crippen LogP contribution in [0.5, 0.6) is 5.75 Å². The van der Waals surface area contributed by atoms with Crippen LogP contribution in [0.4, 0.5) is 0 Å². The maximum Gasteiger partial charge on any atom is 0.344 e. The van der Waals surface area contributed by atoms with E-state index in [4.69, 9.17) is 9.15 Å². The monoisotopic (exact) mass is 337 g/mol. The minimum absolute atomic E-state index is 0.206. The van der Waals surface area contributed by atoms with Gasteiger partial charge < -0.3 is 14.3 Å². The second-order valence-corrected chi connectivity index (χ2v) is 5.97. The first-order valence-electron chi connectivity index (χ1n) is 8.41. The van der Waals surface area contributed by atoms with Crippen LogP contribution >= 0.6 is 0 Å². The molecule has 1 N–H and O–H groups in total. The summed E-state index contributed by atoms with van der Waals surface area (Å²) in [5, 5.41) is 10.7. The fourth-order valence-corrected chi connectivity index (χ4v) is 2.66. The van der Waals surface area contributed by atoms with Gasteiger partial charge in [0.15, 0.2) is 0 Å². The number of ether oxygens (including phenoxy) is 1. The Morgan fingerprint density at radius 3 is 2.68 bits per heavy atom. The van der Waals surface area contributed by atoms with Gasteiger partial charge in [-0.1, -0.05) is 50.1 Å². The Kier molecular flexibility index (Phi) is 5.51. The van der Waals surface area contributed by atoms with Crippen LogP contribution in [0.1, 0.15) is 19.3 Å². The van der Waals surface area contributed by atoms with Crippen molar-refractivity contribution < 1.29 is 14.3 Å². The molecule has 1 unspecified atom stereocenters.